The molecular weight excluding hydrogens is 316 g/mol. The normalized spacial score (nSPS) is 17.0. The number of benzene rings is 1. The minimum absolute atomic E-state index is 0.273. The van der Waals surface area contributed by atoms with Crippen LogP contribution >= 0.6 is 11.8 Å². The van der Waals surface area contributed by atoms with Gasteiger partial charge in [0.15, 0.2) is 5.57 Å². The number of carbonyl (C=O) groups excluding carboxylic acids is 2. The maximum atomic E-state index is 12.2. The molecule has 0 aliphatic carbocycles. The molecule has 0 unspecified atom stereocenters. The third-order valence-corrected chi connectivity index (χ3v) is 3.30. The second-order valence-electron chi connectivity index (χ2n) is 4.78. The molecule has 1 aromatic carbocycles. The number of ether oxygens (including phenoxy) is 2. The van der Waals surface area contributed by atoms with E-state index >= 15 is 0 Å². The summed E-state index contributed by atoms with van der Waals surface area (Å²) in [6, 6.07) is 6.09. The van der Waals surface area contributed by atoms with Gasteiger partial charge in [-0.25, -0.2) is 9.59 Å². The topological polar surface area (TPSA) is 64.6 Å². The molecule has 0 radical (unpaired) electrons. The molecule has 0 bridgehead atoms. The molecule has 22 heavy (non-hydrogen) atoms. The number of anilines is 1. The average molecular weight is 329 g/mol. The van der Waals surface area contributed by atoms with Gasteiger partial charge in [-0.2, -0.15) is 8.78 Å². The van der Waals surface area contributed by atoms with Crippen LogP contribution in [0, 0.1) is 0 Å². The summed E-state index contributed by atoms with van der Waals surface area (Å²) in [6.07, 6.45) is 1.16. The van der Waals surface area contributed by atoms with Gasteiger partial charge in [-0.3, -0.25) is 0 Å². The van der Waals surface area contributed by atoms with Crippen molar-refractivity contribution >= 4 is 29.4 Å². The molecule has 0 atom stereocenters. The van der Waals surface area contributed by atoms with Gasteiger partial charge in [-0.15, -0.1) is 0 Å². The Bertz CT molecular complexity index is 592. The summed E-state index contributed by atoms with van der Waals surface area (Å²) in [6.45, 7) is 2.90. The van der Waals surface area contributed by atoms with Crippen LogP contribution in [0.3, 0.4) is 0 Å². The smallest absolute Gasteiger partial charge is 0.350 e. The second-order valence-corrected chi connectivity index (χ2v) is 5.85. The van der Waals surface area contributed by atoms with E-state index in [1.54, 1.807) is 12.1 Å². The first kappa shape index (κ1) is 16.3. The first-order chi connectivity index (χ1) is 10.3. The molecule has 1 aromatic rings. The molecular formula is C14H13F2NO4S. The number of thioether (sulfide) groups is 1. The summed E-state index contributed by atoms with van der Waals surface area (Å²) < 4.78 is 34.3. The fourth-order valence-corrected chi connectivity index (χ4v) is 2.17. The highest BCUT2D eigenvalue weighted by Gasteiger charge is 2.38. The molecule has 8 heteroatoms. The molecule has 2 rings (SSSR count). The number of hydrogen-bond acceptors (Lipinski definition) is 6. The van der Waals surface area contributed by atoms with Crippen molar-refractivity contribution in [1.29, 1.82) is 0 Å². The predicted octanol–water partition coefficient (Wildman–Crippen LogP) is 3.13. The molecule has 1 fully saturated rings. The highest BCUT2D eigenvalue weighted by molar-refractivity contribution is 7.99. The molecule has 1 aliphatic heterocycles. The van der Waals surface area contributed by atoms with Crippen LogP contribution in [0.4, 0.5) is 14.5 Å². The first-order valence-electron chi connectivity index (χ1n) is 6.25. The van der Waals surface area contributed by atoms with E-state index in [2.05, 4.69) is 5.32 Å². The molecule has 0 amide bonds. The summed E-state index contributed by atoms with van der Waals surface area (Å²) in [5.74, 6) is -5.37. The Kier molecular flexibility index (Phi) is 4.70. The Morgan fingerprint density at radius 3 is 2.18 bits per heavy atom. The Hall–Kier alpha value is -2.09. The van der Waals surface area contributed by atoms with Gasteiger partial charge in [-0.1, -0.05) is 11.8 Å². The molecule has 0 saturated carbocycles. The third kappa shape index (κ3) is 4.20. The van der Waals surface area contributed by atoms with Crippen LogP contribution in [-0.4, -0.2) is 23.5 Å². The Morgan fingerprint density at radius 1 is 1.14 bits per heavy atom. The van der Waals surface area contributed by atoms with Crippen molar-refractivity contribution in [3.63, 3.8) is 0 Å². The van der Waals surface area contributed by atoms with Crippen molar-refractivity contribution in [1.82, 2.24) is 0 Å². The second kappa shape index (κ2) is 6.35. The summed E-state index contributed by atoms with van der Waals surface area (Å²) in [7, 11) is 0. The van der Waals surface area contributed by atoms with Gasteiger partial charge in [0.25, 0.3) is 11.5 Å². The van der Waals surface area contributed by atoms with E-state index in [4.69, 9.17) is 9.47 Å². The van der Waals surface area contributed by atoms with Crippen LogP contribution in [0.2, 0.25) is 0 Å². The van der Waals surface area contributed by atoms with Gasteiger partial charge in [0, 0.05) is 30.6 Å². The zero-order valence-electron chi connectivity index (χ0n) is 11.8. The maximum absolute atomic E-state index is 12.2. The van der Waals surface area contributed by atoms with Crippen molar-refractivity contribution in [2.75, 3.05) is 5.32 Å². The van der Waals surface area contributed by atoms with Gasteiger partial charge < -0.3 is 14.8 Å². The number of alkyl halides is 2. The van der Waals surface area contributed by atoms with Gasteiger partial charge >= 0.3 is 11.9 Å². The lowest BCUT2D eigenvalue weighted by molar-refractivity contribution is -0.222. The quantitative estimate of drug-likeness (QED) is 0.396. The number of esters is 2. The molecule has 1 N–H and O–H groups in total. The van der Waals surface area contributed by atoms with Crippen molar-refractivity contribution in [3.8, 4) is 0 Å². The third-order valence-electron chi connectivity index (χ3n) is 2.58. The lowest BCUT2D eigenvalue weighted by atomic mass is 10.2. The minimum atomic E-state index is -2.49. The highest BCUT2D eigenvalue weighted by Crippen LogP contribution is 2.26. The molecule has 1 saturated heterocycles. The van der Waals surface area contributed by atoms with Crippen molar-refractivity contribution in [2.45, 2.75) is 30.3 Å². The zero-order chi connectivity index (χ0) is 16.3. The van der Waals surface area contributed by atoms with E-state index in [1.807, 2.05) is 0 Å². The van der Waals surface area contributed by atoms with Gasteiger partial charge in [-0.05, 0) is 24.3 Å². The maximum Gasteiger partial charge on any atom is 0.350 e. The van der Waals surface area contributed by atoms with Crippen LogP contribution in [-0.2, 0) is 19.1 Å². The molecule has 118 valence electrons. The zero-order valence-corrected chi connectivity index (χ0v) is 12.6. The molecule has 0 spiro atoms. The van der Waals surface area contributed by atoms with E-state index in [0.717, 1.165) is 6.20 Å². The standard InChI is InChI=1S/C14H13F2NO4S/c1-14(2)20-11(18)10(12(19)21-14)7-17-8-3-5-9(6-4-8)22-13(15)16/h3-7,13,17H,1-2H3. The number of hydrogen-bond donors (Lipinski definition) is 1. The monoisotopic (exact) mass is 329 g/mol. The van der Waals surface area contributed by atoms with Crippen LogP contribution in [0.5, 0.6) is 0 Å². The van der Waals surface area contributed by atoms with Gasteiger partial charge in [0.2, 0.25) is 0 Å². The lowest BCUT2D eigenvalue weighted by Crippen LogP contribution is -2.42. The number of nitrogens with one attached hydrogen (secondary N) is 1. The van der Waals surface area contributed by atoms with E-state index in [9.17, 15) is 18.4 Å². The van der Waals surface area contributed by atoms with Crippen LogP contribution in [0.1, 0.15) is 13.8 Å². The number of cyclic esters (lactones) is 2. The van der Waals surface area contributed by atoms with Crippen molar-refractivity contribution < 1.29 is 27.8 Å². The summed E-state index contributed by atoms with van der Waals surface area (Å²) in [4.78, 5) is 23.8. The lowest BCUT2D eigenvalue weighted by Gasteiger charge is -2.29. The Morgan fingerprint density at radius 2 is 1.68 bits per heavy atom. The van der Waals surface area contributed by atoms with E-state index in [0.29, 0.717) is 22.3 Å². The van der Waals surface area contributed by atoms with E-state index < -0.39 is 23.5 Å². The first-order valence-corrected chi connectivity index (χ1v) is 7.13. The SMILES string of the molecule is CC1(C)OC(=O)C(=CNc2ccc(SC(F)F)cc2)C(=O)O1. The summed E-state index contributed by atoms with van der Waals surface area (Å²) >= 11 is 0.429. The summed E-state index contributed by atoms with van der Waals surface area (Å²) in [5.41, 5.74) is 0.252. The van der Waals surface area contributed by atoms with Gasteiger partial charge in [0.1, 0.15) is 0 Å². The number of halogens is 2. The van der Waals surface area contributed by atoms with Crippen LogP contribution in [0.25, 0.3) is 0 Å². The molecule has 5 nitrogen and oxygen atoms in total. The minimum Gasteiger partial charge on any atom is -0.419 e. The largest absolute Gasteiger partial charge is 0.419 e. The average Bonchev–Trinajstić information content (AvgIpc) is 2.37. The number of rotatable bonds is 4. The number of carbonyl (C=O) groups is 2. The van der Waals surface area contributed by atoms with E-state index in [-0.39, 0.29) is 5.57 Å². The van der Waals surface area contributed by atoms with Crippen LogP contribution in [0.15, 0.2) is 40.9 Å². The Balaban J connectivity index is 2.05. The highest BCUT2D eigenvalue weighted by atomic mass is 32.2. The van der Waals surface area contributed by atoms with Gasteiger partial charge in [0.05, 0.1) is 0 Å². The van der Waals surface area contributed by atoms with Crippen molar-refractivity contribution in [2.24, 2.45) is 0 Å². The van der Waals surface area contributed by atoms with E-state index in [1.165, 1.54) is 26.0 Å². The predicted molar refractivity (Wildman–Crippen MR) is 76.3 cm³/mol. The Labute approximate surface area is 129 Å². The summed E-state index contributed by atoms with van der Waals surface area (Å²) in [5, 5.41) is 2.72. The fraction of sp³-hybridized carbons (Fsp3) is 0.286. The van der Waals surface area contributed by atoms with Crippen LogP contribution < -0.4 is 5.32 Å². The van der Waals surface area contributed by atoms with Crippen molar-refractivity contribution in [3.05, 3.63) is 36.0 Å². The molecule has 1 heterocycles. The fourth-order valence-electron chi connectivity index (χ4n) is 1.67. The molecule has 0 aromatic heterocycles. The molecule has 1 aliphatic rings.